The molecule has 0 aliphatic heterocycles. The Balaban J connectivity index is 4.38. The van der Waals surface area contributed by atoms with Gasteiger partial charge in [0, 0.05) is 12.8 Å². The van der Waals surface area contributed by atoms with Crippen LogP contribution in [-0.4, -0.2) is 74.9 Å². The highest BCUT2D eigenvalue weighted by atomic mass is 31.2. The third-order valence-electron chi connectivity index (χ3n) is 9.39. The fourth-order valence-corrected chi connectivity index (χ4v) is 6.60. The highest BCUT2D eigenvalue weighted by Gasteiger charge is 2.27. The van der Waals surface area contributed by atoms with Gasteiger partial charge in [0.05, 0.1) is 27.7 Å². The van der Waals surface area contributed by atoms with Crippen LogP contribution >= 0.6 is 7.82 Å². The average molecular weight is 799 g/mol. The molecule has 0 fully saturated rings. The number of nitrogens with zero attached hydrogens (tertiary/aromatic N) is 1. The van der Waals surface area contributed by atoms with Gasteiger partial charge in [-0.05, 0) is 70.6 Å². The standard InChI is InChI=1S/C45H84NO8P/c1-6-8-10-12-14-16-18-20-22-23-24-26-28-30-32-34-36-38-45(48)54-43(42-53-55(49,50)52-40-39-46(3,4)5)41-51-44(47)37-35-33-31-29-27-25-21-19-17-15-13-11-9-7-2/h14,16,19-22,43H,6-13,15,17-18,23-42H2,1-5H3/p+1/b16-14-,21-19-,22-20-/t43-/m1/s1. The van der Waals surface area contributed by atoms with Gasteiger partial charge >= 0.3 is 19.8 Å². The smallest absolute Gasteiger partial charge is 0.462 e. The molecule has 0 aromatic rings. The van der Waals surface area contributed by atoms with Crippen LogP contribution < -0.4 is 0 Å². The third kappa shape index (κ3) is 41.7. The van der Waals surface area contributed by atoms with E-state index in [1.54, 1.807) is 0 Å². The predicted molar refractivity (Wildman–Crippen MR) is 229 cm³/mol. The first-order valence-electron chi connectivity index (χ1n) is 22.2. The maximum atomic E-state index is 12.7. The summed E-state index contributed by atoms with van der Waals surface area (Å²) in [4.78, 5) is 35.4. The zero-order valence-corrected chi connectivity index (χ0v) is 37.1. The Bertz CT molecular complexity index is 1040. The van der Waals surface area contributed by atoms with Crippen LogP contribution in [0.2, 0.25) is 0 Å². The maximum absolute atomic E-state index is 12.7. The van der Waals surface area contributed by atoms with E-state index in [0.29, 0.717) is 17.4 Å². The summed E-state index contributed by atoms with van der Waals surface area (Å²) < 4.78 is 34.3. The van der Waals surface area contributed by atoms with Crippen molar-refractivity contribution in [1.82, 2.24) is 0 Å². The van der Waals surface area contributed by atoms with Crippen LogP contribution in [0.1, 0.15) is 187 Å². The molecule has 0 amide bonds. The lowest BCUT2D eigenvalue weighted by Gasteiger charge is -2.24. The first-order valence-corrected chi connectivity index (χ1v) is 23.7. The fourth-order valence-electron chi connectivity index (χ4n) is 5.86. The molecule has 0 bridgehead atoms. The number of rotatable bonds is 40. The molecule has 322 valence electrons. The lowest BCUT2D eigenvalue weighted by molar-refractivity contribution is -0.870. The normalized spacial score (nSPS) is 13.9. The number of quaternary nitrogens is 1. The molecule has 0 saturated heterocycles. The van der Waals surface area contributed by atoms with E-state index in [1.807, 2.05) is 21.1 Å². The number of hydrogen-bond donors (Lipinski definition) is 1. The lowest BCUT2D eigenvalue weighted by Crippen LogP contribution is -2.37. The summed E-state index contributed by atoms with van der Waals surface area (Å²) in [5, 5.41) is 0. The molecule has 0 aromatic heterocycles. The first kappa shape index (κ1) is 53.2. The molecule has 0 saturated carbocycles. The number of allylic oxidation sites excluding steroid dienone is 6. The van der Waals surface area contributed by atoms with Crippen molar-refractivity contribution in [3.05, 3.63) is 36.5 Å². The molecule has 10 heteroatoms. The quantitative estimate of drug-likeness (QED) is 0.0215. The second-order valence-electron chi connectivity index (χ2n) is 16.1. The molecular formula is C45H85NO8P+. The van der Waals surface area contributed by atoms with Crippen molar-refractivity contribution in [2.24, 2.45) is 0 Å². The highest BCUT2D eigenvalue weighted by molar-refractivity contribution is 7.47. The summed E-state index contributed by atoms with van der Waals surface area (Å²) in [6.45, 7) is 4.37. The number of carbonyl (C=O) groups excluding carboxylic acids is 2. The zero-order chi connectivity index (χ0) is 40.7. The Morgan fingerprint density at radius 2 is 0.982 bits per heavy atom. The summed E-state index contributed by atoms with van der Waals surface area (Å²) in [7, 11) is 1.47. The van der Waals surface area contributed by atoms with Crippen molar-refractivity contribution in [3.63, 3.8) is 0 Å². The van der Waals surface area contributed by atoms with Gasteiger partial charge in [0.15, 0.2) is 6.10 Å². The minimum Gasteiger partial charge on any atom is -0.462 e. The van der Waals surface area contributed by atoms with Gasteiger partial charge in [0.25, 0.3) is 0 Å². The molecule has 2 atom stereocenters. The van der Waals surface area contributed by atoms with Crippen LogP contribution in [0.15, 0.2) is 36.5 Å². The SMILES string of the molecule is CCCCC/C=C\C/C=C\CCCCCCCCCC(=O)O[C@H](COC(=O)CCCCCCC/C=C\CCCCCCC)COP(=O)(O)OCC[N+](C)(C)C. The van der Waals surface area contributed by atoms with Gasteiger partial charge in [-0.2, -0.15) is 0 Å². The van der Waals surface area contributed by atoms with Gasteiger partial charge in [0.2, 0.25) is 0 Å². The third-order valence-corrected chi connectivity index (χ3v) is 10.4. The van der Waals surface area contributed by atoms with Crippen molar-refractivity contribution in [2.45, 2.75) is 193 Å². The van der Waals surface area contributed by atoms with E-state index in [2.05, 4.69) is 50.3 Å². The molecular weight excluding hydrogens is 713 g/mol. The Morgan fingerprint density at radius 1 is 0.564 bits per heavy atom. The molecule has 0 radical (unpaired) electrons. The summed E-state index contributed by atoms with van der Waals surface area (Å²) in [6, 6.07) is 0. The van der Waals surface area contributed by atoms with Crippen molar-refractivity contribution >= 4 is 19.8 Å². The topological polar surface area (TPSA) is 108 Å². The van der Waals surface area contributed by atoms with Gasteiger partial charge < -0.3 is 18.9 Å². The van der Waals surface area contributed by atoms with E-state index in [9.17, 15) is 19.0 Å². The van der Waals surface area contributed by atoms with Gasteiger partial charge in [-0.1, -0.05) is 140 Å². The fraction of sp³-hybridized carbons (Fsp3) is 0.822. The van der Waals surface area contributed by atoms with Crippen LogP contribution in [0.25, 0.3) is 0 Å². The Kier molecular flexibility index (Phi) is 36.6. The van der Waals surface area contributed by atoms with Gasteiger partial charge in [0.1, 0.15) is 19.8 Å². The number of ether oxygens (including phenoxy) is 2. The molecule has 9 nitrogen and oxygen atoms in total. The Labute approximate surface area is 338 Å². The number of likely N-dealkylation sites (N-methyl/N-ethyl adjacent to an activating group) is 1. The molecule has 0 spiro atoms. The van der Waals surface area contributed by atoms with Crippen LogP contribution in [-0.2, 0) is 32.7 Å². The van der Waals surface area contributed by atoms with Crippen LogP contribution in [0, 0.1) is 0 Å². The van der Waals surface area contributed by atoms with E-state index in [1.165, 1.54) is 83.5 Å². The first-order chi connectivity index (χ1) is 26.5. The van der Waals surface area contributed by atoms with Crippen LogP contribution in [0.4, 0.5) is 0 Å². The maximum Gasteiger partial charge on any atom is 0.472 e. The van der Waals surface area contributed by atoms with E-state index in [-0.39, 0.29) is 32.0 Å². The molecule has 1 unspecified atom stereocenters. The van der Waals surface area contributed by atoms with Crippen molar-refractivity contribution in [2.75, 3.05) is 47.5 Å². The van der Waals surface area contributed by atoms with Crippen molar-refractivity contribution in [1.29, 1.82) is 0 Å². The zero-order valence-electron chi connectivity index (χ0n) is 36.2. The lowest BCUT2D eigenvalue weighted by atomic mass is 10.1. The van der Waals surface area contributed by atoms with E-state index >= 15 is 0 Å². The van der Waals surface area contributed by atoms with E-state index in [4.69, 9.17) is 18.5 Å². The number of phosphoric acid groups is 1. The molecule has 0 aliphatic rings. The van der Waals surface area contributed by atoms with Crippen molar-refractivity contribution < 1.29 is 42.1 Å². The molecule has 1 N–H and O–H groups in total. The van der Waals surface area contributed by atoms with Gasteiger partial charge in [-0.3, -0.25) is 18.6 Å². The molecule has 55 heavy (non-hydrogen) atoms. The number of esters is 2. The second-order valence-corrected chi connectivity index (χ2v) is 17.5. The van der Waals surface area contributed by atoms with Crippen LogP contribution in [0.3, 0.4) is 0 Å². The molecule has 0 aliphatic carbocycles. The predicted octanol–water partition coefficient (Wildman–Crippen LogP) is 12.5. The summed E-state index contributed by atoms with van der Waals surface area (Å²) in [5.41, 5.74) is 0. The van der Waals surface area contributed by atoms with Gasteiger partial charge in [-0.15, -0.1) is 0 Å². The number of unbranched alkanes of at least 4 members (excludes halogenated alkanes) is 20. The van der Waals surface area contributed by atoms with E-state index < -0.39 is 26.5 Å². The van der Waals surface area contributed by atoms with E-state index in [0.717, 1.165) is 70.6 Å². The molecule has 0 aromatic carbocycles. The van der Waals surface area contributed by atoms with Crippen molar-refractivity contribution in [3.8, 4) is 0 Å². The Morgan fingerprint density at radius 3 is 1.49 bits per heavy atom. The highest BCUT2D eigenvalue weighted by Crippen LogP contribution is 2.43. The molecule has 0 rings (SSSR count). The average Bonchev–Trinajstić information content (AvgIpc) is 3.13. The van der Waals surface area contributed by atoms with Crippen LogP contribution in [0.5, 0.6) is 0 Å². The minimum atomic E-state index is -4.38. The number of hydrogen-bond acceptors (Lipinski definition) is 7. The second kappa shape index (κ2) is 37.8. The summed E-state index contributed by atoms with van der Waals surface area (Å²) >= 11 is 0. The number of phosphoric ester groups is 1. The minimum absolute atomic E-state index is 0.0286. The van der Waals surface area contributed by atoms with Gasteiger partial charge in [-0.25, -0.2) is 4.57 Å². The number of carbonyl (C=O) groups is 2. The monoisotopic (exact) mass is 799 g/mol. The molecule has 0 heterocycles. The Hall–Kier alpha value is -1.77. The summed E-state index contributed by atoms with van der Waals surface area (Å²) in [5.74, 6) is -0.816. The largest absolute Gasteiger partial charge is 0.472 e. The summed E-state index contributed by atoms with van der Waals surface area (Å²) in [6.07, 6.45) is 41.8.